The fourth-order valence-corrected chi connectivity index (χ4v) is 6.16. The van der Waals surface area contributed by atoms with Crippen LogP contribution in [0, 0.1) is 17.7 Å². The quantitative estimate of drug-likeness (QED) is 0.338. The number of rotatable bonds is 9. The van der Waals surface area contributed by atoms with Gasteiger partial charge in [-0.2, -0.15) is 0 Å². The van der Waals surface area contributed by atoms with E-state index in [0.717, 1.165) is 6.21 Å². The number of fused-ring (bicyclic) bond motifs is 1. The number of benzene rings is 1. The number of ketones is 1. The molecule has 0 amide bonds. The molecule has 10 heteroatoms. The minimum atomic E-state index is -3.99. The molecule has 188 valence electrons. The molecule has 0 bridgehead atoms. The first-order chi connectivity index (χ1) is 16.3. The second-order valence-electron chi connectivity index (χ2n) is 9.62. The van der Waals surface area contributed by atoms with Crippen LogP contribution in [0.5, 0.6) is 0 Å². The van der Waals surface area contributed by atoms with Gasteiger partial charge in [-0.1, -0.05) is 31.5 Å². The van der Waals surface area contributed by atoms with E-state index in [1.165, 1.54) is 24.3 Å². The smallest absolute Gasteiger partial charge is 0.323 e. The molecule has 1 aliphatic carbocycles. The summed E-state index contributed by atoms with van der Waals surface area (Å²) in [5.74, 6) is -1.13. The van der Waals surface area contributed by atoms with Gasteiger partial charge in [-0.15, -0.1) is 0 Å². The summed E-state index contributed by atoms with van der Waals surface area (Å²) in [4.78, 5) is 24.8. The first-order valence-corrected chi connectivity index (χ1v) is 13.1. The molecular formula is C25H30ClN3O5S. The summed E-state index contributed by atoms with van der Waals surface area (Å²) in [5.41, 5.74) is 8.60. The Balaban J connectivity index is 2.12. The summed E-state index contributed by atoms with van der Waals surface area (Å²) in [6, 6.07) is 5.70. The van der Waals surface area contributed by atoms with E-state index < -0.39 is 21.2 Å². The molecule has 1 unspecified atom stereocenters. The third kappa shape index (κ3) is 5.58. The van der Waals surface area contributed by atoms with Crippen molar-refractivity contribution in [3.8, 4) is 0 Å². The number of nitrogens with one attached hydrogen (secondary N) is 1. The number of carbonyl (C=O) groups is 2. The van der Waals surface area contributed by atoms with Crippen LogP contribution < -0.4 is 5.73 Å². The normalized spacial score (nSPS) is 16.6. The van der Waals surface area contributed by atoms with E-state index in [1.54, 1.807) is 17.6 Å². The van der Waals surface area contributed by atoms with Crippen molar-refractivity contribution in [2.45, 2.75) is 63.3 Å². The first kappa shape index (κ1) is 26.8. The van der Waals surface area contributed by atoms with E-state index in [1.807, 2.05) is 13.8 Å². The lowest BCUT2D eigenvalue weighted by Crippen LogP contribution is -2.34. The summed E-state index contributed by atoms with van der Waals surface area (Å²) >= 11 is 5.90. The molecule has 0 fully saturated rings. The molecule has 0 spiro atoms. The van der Waals surface area contributed by atoms with Crippen LogP contribution in [-0.2, 0) is 34.0 Å². The summed E-state index contributed by atoms with van der Waals surface area (Å²) in [7, 11) is -3.99. The van der Waals surface area contributed by atoms with E-state index in [9.17, 15) is 23.1 Å². The lowest BCUT2D eigenvalue weighted by Gasteiger charge is -2.30. The van der Waals surface area contributed by atoms with Crippen molar-refractivity contribution >= 4 is 39.4 Å². The number of nitrogens with zero attached hydrogens (tertiary/aromatic N) is 1. The number of allylic oxidation sites excluding steroid dienone is 1. The van der Waals surface area contributed by atoms with Gasteiger partial charge in [0.05, 0.1) is 4.90 Å². The van der Waals surface area contributed by atoms with Gasteiger partial charge < -0.3 is 20.8 Å². The van der Waals surface area contributed by atoms with Crippen molar-refractivity contribution < 1.29 is 23.1 Å². The number of carboxylic acid groups (broad SMARTS) is 1. The zero-order valence-corrected chi connectivity index (χ0v) is 21.5. The highest BCUT2D eigenvalue weighted by atomic mass is 35.5. The number of carbonyl (C=O) groups excluding carboxylic acids is 1. The van der Waals surface area contributed by atoms with Gasteiger partial charge in [-0.3, -0.25) is 9.59 Å². The highest BCUT2D eigenvalue weighted by Crippen LogP contribution is 2.40. The Morgan fingerprint density at radius 1 is 1.29 bits per heavy atom. The van der Waals surface area contributed by atoms with E-state index in [0.29, 0.717) is 46.0 Å². The van der Waals surface area contributed by atoms with Gasteiger partial charge in [0.2, 0.25) is 0 Å². The predicted molar refractivity (Wildman–Crippen MR) is 135 cm³/mol. The third-order valence-corrected chi connectivity index (χ3v) is 8.49. The Hall–Kier alpha value is -2.75. The molecule has 0 aliphatic heterocycles. The van der Waals surface area contributed by atoms with Crippen molar-refractivity contribution in [3.63, 3.8) is 0 Å². The number of nitrogens with two attached hydrogens (primary N) is 1. The molecule has 1 aromatic heterocycles. The molecule has 1 aromatic carbocycles. The number of carboxylic acids is 1. The van der Waals surface area contributed by atoms with E-state index in [-0.39, 0.29) is 35.5 Å². The molecule has 8 nitrogen and oxygen atoms in total. The van der Waals surface area contributed by atoms with Crippen LogP contribution in [0.3, 0.4) is 0 Å². The minimum Gasteiger partial charge on any atom is -0.480 e. The second-order valence-corrected chi connectivity index (χ2v) is 12.1. The van der Waals surface area contributed by atoms with Gasteiger partial charge in [0.1, 0.15) is 11.9 Å². The van der Waals surface area contributed by atoms with Crippen LogP contribution >= 0.6 is 11.6 Å². The van der Waals surface area contributed by atoms with Gasteiger partial charge in [-0.05, 0) is 66.8 Å². The lowest BCUT2D eigenvalue weighted by molar-refractivity contribution is -0.137. The Morgan fingerprint density at radius 2 is 1.91 bits per heavy atom. The molecule has 35 heavy (non-hydrogen) atoms. The SMILES string of the molecule is Cc1c(C/C(=C/CC=N)C(N)S(=O)(=O)c2ccc(Cl)cc2)c2c(n1CC(=O)O)CC(C)(C)CC2=O. The molecule has 4 N–H and O–H groups in total. The van der Waals surface area contributed by atoms with Crippen LogP contribution in [0.2, 0.25) is 5.02 Å². The maximum absolute atomic E-state index is 13.3. The van der Waals surface area contributed by atoms with Gasteiger partial charge in [0.25, 0.3) is 0 Å². The predicted octanol–water partition coefficient (Wildman–Crippen LogP) is 3.96. The van der Waals surface area contributed by atoms with Crippen LogP contribution in [0.1, 0.15) is 54.0 Å². The summed E-state index contributed by atoms with van der Waals surface area (Å²) < 4.78 is 28.2. The van der Waals surface area contributed by atoms with E-state index in [4.69, 9.17) is 22.7 Å². The minimum absolute atomic E-state index is 0.00942. The standard InChI is InChI=1S/C25H30ClN3O5S/c1-15-19(23-20(29(15)14-22(31)32)12-25(2,3)13-21(23)30)11-16(5-4-10-27)24(28)35(33,34)18-8-6-17(26)7-9-18/h5-10,24,27H,4,11-14,28H2,1-3H3,(H,31,32)/b16-5-,27-10?. The van der Waals surface area contributed by atoms with Crippen LogP contribution in [0.15, 0.2) is 40.8 Å². The Bertz CT molecular complexity index is 1310. The maximum Gasteiger partial charge on any atom is 0.323 e. The third-order valence-electron chi connectivity index (χ3n) is 6.34. The van der Waals surface area contributed by atoms with Gasteiger partial charge in [0.15, 0.2) is 15.6 Å². The average Bonchev–Trinajstić information content (AvgIpc) is 3.00. The Kier molecular flexibility index (Phi) is 7.74. The second kappa shape index (κ2) is 10.1. The van der Waals surface area contributed by atoms with Crippen molar-refractivity contribution in [3.05, 3.63) is 63.5 Å². The zero-order chi connectivity index (χ0) is 26.1. The molecule has 1 atom stereocenters. The van der Waals surface area contributed by atoms with Crippen LogP contribution in [0.25, 0.3) is 0 Å². The number of aliphatic carboxylic acids is 1. The van der Waals surface area contributed by atoms with E-state index in [2.05, 4.69) is 0 Å². The monoisotopic (exact) mass is 519 g/mol. The van der Waals surface area contributed by atoms with Crippen LogP contribution in [-0.4, -0.2) is 41.4 Å². The highest BCUT2D eigenvalue weighted by molar-refractivity contribution is 7.92. The molecule has 0 saturated carbocycles. The summed E-state index contributed by atoms with van der Waals surface area (Å²) in [6.07, 6.45) is 3.76. The lowest BCUT2D eigenvalue weighted by atomic mass is 9.75. The van der Waals surface area contributed by atoms with Gasteiger partial charge >= 0.3 is 5.97 Å². The molecule has 1 aliphatic rings. The first-order valence-electron chi connectivity index (χ1n) is 11.2. The van der Waals surface area contributed by atoms with Crippen LogP contribution in [0.4, 0.5) is 0 Å². The van der Waals surface area contributed by atoms with Crippen molar-refractivity contribution in [1.29, 1.82) is 5.41 Å². The topological polar surface area (TPSA) is 143 Å². The zero-order valence-electron chi connectivity index (χ0n) is 20.0. The van der Waals surface area contributed by atoms with Crippen molar-refractivity contribution in [2.24, 2.45) is 11.1 Å². The number of hydrogen-bond acceptors (Lipinski definition) is 6. The Morgan fingerprint density at radius 3 is 2.49 bits per heavy atom. The molecule has 2 aromatic rings. The maximum atomic E-state index is 13.3. The highest BCUT2D eigenvalue weighted by Gasteiger charge is 2.38. The Labute approximate surface area is 210 Å². The van der Waals surface area contributed by atoms with Gasteiger partial charge in [0, 0.05) is 34.8 Å². The fourth-order valence-electron chi connectivity index (χ4n) is 4.65. The molecule has 0 radical (unpaired) electrons. The number of sulfone groups is 1. The number of Topliss-reactive ketones (excluding diaryl/α,β-unsaturated/α-hetero) is 1. The molecule has 1 heterocycles. The number of hydrogen-bond donors (Lipinski definition) is 3. The largest absolute Gasteiger partial charge is 0.480 e. The molecule has 3 rings (SSSR count). The molecule has 0 saturated heterocycles. The van der Waals surface area contributed by atoms with E-state index >= 15 is 0 Å². The summed E-state index contributed by atoms with van der Waals surface area (Å²) in [5, 5.41) is 15.9. The number of aromatic nitrogens is 1. The summed E-state index contributed by atoms with van der Waals surface area (Å²) in [6.45, 7) is 5.37. The van der Waals surface area contributed by atoms with Crippen molar-refractivity contribution in [1.82, 2.24) is 4.57 Å². The molecular weight excluding hydrogens is 490 g/mol. The van der Waals surface area contributed by atoms with Crippen molar-refractivity contribution in [2.75, 3.05) is 0 Å². The average molecular weight is 520 g/mol. The fraction of sp³-hybridized carbons (Fsp3) is 0.400. The number of halogens is 1. The van der Waals surface area contributed by atoms with Gasteiger partial charge in [-0.25, -0.2) is 8.42 Å².